The number of halogens is 3. The van der Waals surface area contributed by atoms with Gasteiger partial charge in [0.2, 0.25) is 0 Å². The van der Waals surface area contributed by atoms with Crippen molar-refractivity contribution in [1.29, 1.82) is 5.26 Å². The highest BCUT2D eigenvalue weighted by atomic mass is 32.1. The van der Waals surface area contributed by atoms with Gasteiger partial charge in [0, 0.05) is 24.9 Å². The number of rotatable bonds is 4. The summed E-state index contributed by atoms with van der Waals surface area (Å²) in [7, 11) is 1.45. The van der Waals surface area contributed by atoms with Crippen LogP contribution in [0.5, 0.6) is 0 Å². The molecule has 4 aromatic rings. The predicted octanol–water partition coefficient (Wildman–Crippen LogP) is 2.63. The smallest absolute Gasteiger partial charge is 0.320 e. The Morgan fingerprint density at radius 2 is 1.97 bits per heavy atom. The van der Waals surface area contributed by atoms with Gasteiger partial charge in [-0.05, 0) is 23.7 Å². The molecule has 4 heterocycles. The van der Waals surface area contributed by atoms with Gasteiger partial charge in [-0.15, -0.1) is 4.80 Å². The van der Waals surface area contributed by atoms with E-state index in [1.54, 1.807) is 0 Å². The third-order valence-electron chi connectivity index (χ3n) is 4.41. The van der Waals surface area contributed by atoms with Crippen LogP contribution in [0.4, 0.5) is 18.9 Å². The molecule has 0 aliphatic heterocycles. The lowest BCUT2D eigenvalue weighted by Crippen LogP contribution is -2.18. The summed E-state index contributed by atoms with van der Waals surface area (Å²) in [5.41, 5.74) is -2.39. The molecule has 10 nitrogen and oxygen atoms in total. The first-order valence-corrected chi connectivity index (χ1v) is 9.78. The summed E-state index contributed by atoms with van der Waals surface area (Å²) in [6.45, 7) is 0. The number of nitrogens with one attached hydrogen (secondary N) is 1. The van der Waals surface area contributed by atoms with Gasteiger partial charge in [-0.25, -0.2) is 4.98 Å². The molecule has 0 unspecified atom stereocenters. The van der Waals surface area contributed by atoms with Crippen LogP contribution in [0, 0.1) is 11.3 Å². The average molecular weight is 472 g/mol. The number of carbonyl (C=O) groups is 1. The lowest BCUT2D eigenvalue weighted by atomic mass is 10.1. The predicted molar refractivity (Wildman–Crippen MR) is 110 cm³/mol. The van der Waals surface area contributed by atoms with Crippen molar-refractivity contribution in [3.63, 3.8) is 0 Å². The third-order valence-corrected chi connectivity index (χ3v) is 5.26. The molecule has 0 saturated carbocycles. The quantitative estimate of drug-likeness (QED) is 0.483. The van der Waals surface area contributed by atoms with Gasteiger partial charge in [0.1, 0.15) is 22.1 Å². The zero-order valence-corrected chi connectivity index (χ0v) is 17.3. The van der Waals surface area contributed by atoms with Gasteiger partial charge in [-0.3, -0.25) is 9.59 Å². The summed E-state index contributed by atoms with van der Waals surface area (Å²) in [6, 6.07) is 5.42. The highest BCUT2D eigenvalue weighted by molar-refractivity contribution is 7.08. The molecular weight excluding hydrogens is 461 g/mol. The van der Waals surface area contributed by atoms with Crippen molar-refractivity contribution in [2.75, 3.05) is 5.32 Å². The van der Waals surface area contributed by atoms with Crippen LogP contribution in [0.15, 0.2) is 47.8 Å². The molecule has 33 heavy (non-hydrogen) atoms. The molecule has 0 radical (unpaired) electrons. The lowest BCUT2D eigenvalue weighted by Gasteiger charge is -2.11. The number of aryl methyl sites for hydroxylation is 1. The van der Waals surface area contributed by atoms with E-state index in [-0.39, 0.29) is 22.6 Å². The number of pyridine rings is 2. The van der Waals surface area contributed by atoms with Crippen LogP contribution in [0.1, 0.15) is 20.8 Å². The highest BCUT2D eigenvalue weighted by Gasteiger charge is 2.41. The number of nitrogens with zero attached hydrogens (tertiary/aromatic N) is 7. The summed E-state index contributed by atoms with van der Waals surface area (Å²) in [4.78, 5) is 29.0. The molecule has 0 fully saturated rings. The van der Waals surface area contributed by atoms with E-state index < -0.39 is 33.8 Å². The number of hydrogen-bond acceptors (Lipinski definition) is 8. The molecule has 0 saturated heterocycles. The standard InChI is InChI=1S/C19H11F3N8O2S/c1-29-5-2-10(7-13(29)31)15-14(19(20,21)22)16(33-28-15)18(32)27-12-6-11(8-23)17(24-9-12)30-25-3-4-26-30/h2-7,9H,1H3,(H,27,32). The average Bonchev–Trinajstić information content (AvgIpc) is 3.45. The van der Waals surface area contributed by atoms with Crippen molar-refractivity contribution in [3.05, 3.63) is 69.3 Å². The second-order valence-corrected chi connectivity index (χ2v) is 7.35. The van der Waals surface area contributed by atoms with E-state index in [9.17, 15) is 28.0 Å². The fourth-order valence-corrected chi connectivity index (χ4v) is 3.70. The first-order chi connectivity index (χ1) is 15.7. The minimum atomic E-state index is -4.91. The maximum atomic E-state index is 13.9. The van der Waals surface area contributed by atoms with Crippen molar-refractivity contribution in [2.45, 2.75) is 6.18 Å². The lowest BCUT2D eigenvalue weighted by molar-refractivity contribution is -0.137. The van der Waals surface area contributed by atoms with Gasteiger partial charge >= 0.3 is 6.18 Å². The minimum Gasteiger partial charge on any atom is -0.320 e. The van der Waals surface area contributed by atoms with Gasteiger partial charge in [0.05, 0.1) is 30.0 Å². The molecule has 0 aliphatic carbocycles. The number of aromatic nitrogens is 6. The van der Waals surface area contributed by atoms with Crippen molar-refractivity contribution in [2.24, 2.45) is 7.05 Å². The highest BCUT2D eigenvalue weighted by Crippen LogP contribution is 2.41. The van der Waals surface area contributed by atoms with Gasteiger partial charge in [0.25, 0.3) is 11.5 Å². The second kappa shape index (κ2) is 8.28. The molecule has 4 aromatic heterocycles. The topological polar surface area (TPSA) is 131 Å². The molecule has 0 aliphatic rings. The fraction of sp³-hybridized carbons (Fsp3) is 0.105. The summed E-state index contributed by atoms with van der Waals surface area (Å²) >= 11 is 0.346. The maximum absolute atomic E-state index is 13.9. The van der Waals surface area contributed by atoms with E-state index in [2.05, 4.69) is 24.9 Å². The van der Waals surface area contributed by atoms with Gasteiger partial charge in [-0.2, -0.15) is 33.0 Å². The zero-order chi connectivity index (χ0) is 23.8. The van der Waals surface area contributed by atoms with Crippen LogP contribution in [0.3, 0.4) is 0 Å². The molecule has 0 aromatic carbocycles. The van der Waals surface area contributed by atoms with E-state index in [0.29, 0.717) is 11.5 Å². The first-order valence-electron chi connectivity index (χ1n) is 9.01. The van der Waals surface area contributed by atoms with Gasteiger partial charge in [-0.1, -0.05) is 0 Å². The third kappa shape index (κ3) is 4.21. The van der Waals surface area contributed by atoms with E-state index in [1.165, 1.54) is 42.3 Å². The van der Waals surface area contributed by atoms with E-state index >= 15 is 0 Å². The Morgan fingerprint density at radius 1 is 1.24 bits per heavy atom. The zero-order valence-electron chi connectivity index (χ0n) is 16.5. The number of hydrogen-bond donors (Lipinski definition) is 1. The molecule has 4 rings (SSSR count). The molecule has 166 valence electrons. The van der Waals surface area contributed by atoms with E-state index in [0.717, 1.165) is 17.1 Å². The molecule has 1 N–H and O–H groups in total. The minimum absolute atomic E-state index is 0.00910. The van der Waals surface area contributed by atoms with Gasteiger partial charge in [0.15, 0.2) is 5.82 Å². The monoisotopic (exact) mass is 472 g/mol. The Balaban J connectivity index is 1.71. The van der Waals surface area contributed by atoms with Crippen LogP contribution in [-0.4, -0.2) is 34.8 Å². The van der Waals surface area contributed by atoms with Crippen molar-refractivity contribution in [1.82, 2.24) is 28.9 Å². The van der Waals surface area contributed by atoms with Crippen LogP contribution >= 0.6 is 11.5 Å². The number of amides is 1. The van der Waals surface area contributed by atoms with Crippen LogP contribution < -0.4 is 10.9 Å². The number of carbonyl (C=O) groups excluding carboxylic acids is 1. The maximum Gasteiger partial charge on any atom is 0.420 e. The van der Waals surface area contributed by atoms with Crippen LogP contribution in [0.2, 0.25) is 0 Å². The van der Waals surface area contributed by atoms with Crippen molar-refractivity contribution in [3.8, 4) is 23.1 Å². The largest absolute Gasteiger partial charge is 0.420 e. The Morgan fingerprint density at radius 3 is 2.61 bits per heavy atom. The molecule has 0 spiro atoms. The summed E-state index contributed by atoms with van der Waals surface area (Å²) < 4.78 is 46.6. The van der Waals surface area contributed by atoms with E-state index in [4.69, 9.17) is 0 Å². The summed E-state index contributed by atoms with van der Waals surface area (Å²) in [5.74, 6) is -1.01. The second-order valence-electron chi connectivity index (χ2n) is 6.58. The Bertz CT molecular complexity index is 1450. The van der Waals surface area contributed by atoms with Crippen LogP contribution in [0.25, 0.3) is 17.1 Å². The number of nitriles is 1. The molecular formula is C19H11F3N8O2S. The Labute approximate surface area is 186 Å². The van der Waals surface area contributed by atoms with Crippen molar-refractivity contribution < 1.29 is 18.0 Å². The molecule has 1 amide bonds. The molecule has 0 atom stereocenters. The normalized spacial score (nSPS) is 11.2. The number of alkyl halides is 3. The molecule has 14 heteroatoms. The van der Waals surface area contributed by atoms with Crippen LogP contribution in [-0.2, 0) is 13.2 Å². The van der Waals surface area contributed by atoms with E-state index in [1.807, 2.05) is 6.07 Å². The number of anilines is 1. The van der Waals surface area contributed by atoms with Crippen molar-refractivity contribution >= 4 is 23.1 Å². The molecule has 0 bridgehead atoms. The Hall–Kier alpha value is -4.38. The fourth-order valence-electron chi connectivity index (χ4n) is 2.88. The van der Waals surface area contributed by atoms with Gasteiger partial charge < -0.3 is 9.88 Å². The Kier molecular flexibility index (Phi) is 5.48. The first kappa shape index (κ1) is 21.8. The SMILES string of the molecule is Cn1ccc(-c2nsc(C(=O)Nc3cnc(-n4nccn4)c(C#N)c3)c2C(F)(F)F)cc1=O. The summed E-state index contributed by atoms with van der Waals surface area (Å²) in [5, 5.41) is 19.4. The summed E-state index contributed by atoms with van der Waals surface area (Å²) in [6.07, 6.45) is 0.305.